The van der Waals surface area contributed by atoms with Crippen LogP contribution in [0, 0.1) is 0 Å². The molecule has 0 aliphatic rings. The number of nitrogens with zero attached hydrogens (tertiary/aromatic N) is 4. The van der Waals surface area contributed by atoms with E-state index in [1.807, 2.05) is 18.2 Å². The molecule has 0 saturated heterocycles. The Bertz CT molecular complexity index is 566. The van der Waals surface area contributed by atoms with Crippen LogP contribution in [0.15, 0.2) is 36.7 Å². The summed E-state index contributed by atoms with van der Waals surface area (Å²) in [5.41, 5.74) is 8.05. The molecule has 0 fully saturated rings. The number of para-hydroxylation sites is 1. The lowest BCUT2D eigenvalue weighted by molar-refractivity contribution is 0.841. The van der Waals surface area contributed by atoms with Gasteiger partial charge in [0.15, 0.2) is 11.6 Å². The third kappa shape index (κ3) is 3.07. The molecule has 0 saturated carbocycles. The Balaban J connectivity index is 2.46. The molecule has 2 N–H and O–H groups in total. The Morgan fingerprint density at radius 2 is 1.52 bits per heavy atom. The van der Waals surface area contributed by atoms with Crippen LogP contribution in [-0.4, -0.2) is 29.6 Å². The van der Waals surface area contributed by atoms with Crippen LogP contribution in [0.1, 0.15) is 20.8 Å². The van der Waals surface area contributed by atoms with E-state index in [9.17, 15) is 0 Å². The van der Waals surface area contributed by atoms with Crippen molar-refractivity contribution in [2.45, 2.75) is 20.8 Å². The smallest absolute Gasteiger partial charge is 0.161 e. The monoisotopic (exact) mass is 285 g/mol. The standard InChI is InChI=1S/C16H23N5/c1-4-20(5-2)15-14(17)16(19-12-18-15)21(6-3)13-10-8-7-9-11-13/h7-12H,4-6,17H2,1-3H3. The average Bonchev–Trinajstić information content (AvgIpc) is 2.53. The van der Waals surface area contributed by atoms with Crippen LogP contribution in [-0.2, 0) is 0 Å². The molecule has 2 rings (SSSR count). The van der Waals surface area contributed by atoms with Gasteiger partial charge in [0, 0.05) is 25.3 Å². The zero-order valence-electron chi connectivity index (χ0n) is 13.0. The van der Waals surface area contributed by atoms with Crippen LogP contribution in [0.5, 0.6) is 0 Å². The highest BCUT2D eigenvalue weighted by atomic mass is 15.2. The molecule has 0 unspecified atom stereocenters. The highest BCUT2D eigenvalue weighted by Crippen LogP contribution is 2.32. The van der Waals surface area contributed by atoms with Gasteiger partial charge in [-0.25, -0.2) is 9.97 Å². The summed E-state index contributed by atoms with van der Waals surface area (Å²) >= 11 is 0. The number of hydrogen-bond acceptors (Lipinski definition) is 5. The first-order valence-corrected chi connectivity index (χ1v) is 7.40. The van der Waals surface area contributed by atoms with Gasteiger partial charge < -0.3 is 15.5 Å². The third-order valence-corrected chi connectivity index (χ3v) is 3.54. The molecule has 0 radical (unpaired) electrons. The highest BCUT2D eigenvalue weighted by Gasteiger charge is 2.17. The molecule has 112 valence electrons. The normalized spacial score (nSPS) is 10.4. The molecule has 0 atom stereocenters. The zero-order chi connectivity index (χ0) is 15.2. The number of nitrogen functional groups attached to an aromatic ring is 1. The van der Waals surface area contributed by atoms with Crippen molar-refractivity contribution in [1.29, 1.82) is 0 Å². The summed E-state index contributed by atoms with van der Waals surface area (Å²) in [5.74, 6) is 1.57. The molecule has 1 heterocycles. The highest BCUT2D eigenvalue weighted by molar-refractivity contribution is 5.79. The van der Waals surface area contributed by atoms with Crippen molar-refractivity contribution in [3.63, 3.8) is 0 Å². The molecule has 0 bridgehead atoms. The predicted molar refractivity (Wildman–Crippen MR) is 89.1 cm³/mol. The lowest BCUT2D eigenvalue weighted by atomic mass is 10.2. The number of anilines is 4. The lowest BCUT2D eigenvalue weighted by Gasteiger charge is -2.27. The van der Waals surface area contributed by atoms with Crippen molar-refractivity contribution >= 4 is 23.0 Å². The molecule has 0 spiro atoms. The van der Waals surface area contributed by atoms with Crippen LogP contribution >= 0.6 is 0 Å². The molecular weight excluding hydrogens is 262 g/mol. The number of rotatable bonds is 6. The zero-order valence-corrected chi connectivity index (χ0v) is 13.0. The van der Waals surface area contributed by atoms with Gasteiger partial charge in [-0.15, -0.1) is 0 Å². The van der Waals surface area contributed by atoms with Crippen molar-refractivity contribution < 1.29 is 0 Å². The van der Waals surface area contributed by atoms with Crippen molar-refractivity contribution in [1.82, 2.24) is 9.97 Å². The van der Waals surface area contributed by atoms with Gasteiger partial charge in [0.25, 0.3) is 0 Å². The van der Waals surface area contributed by atoms with Gasteiger partial charge in [0.05, 0.1) is 0 Å². The van der Waals surface area contributed by atoms with Gasteiger partial charge >= 0.3 is 0 Å². The lowest BCUT2D eigenvalue weighted by Crippen LogP contribution is -2.26. The van der Waals surface area contributed by atoms with Crippen molar-refractivity contribution in [3.8, 4) is 0 Å². The molecule has 1 aromatic carbocycles. The van der Waals surface area contributed by atoms with E-state index in [0.717, 1.165) is 37.0 Å². The fourth-order valence-electron chi connectivity index (χ4n) is 2.43. The van der Waals surface area contributed by atoms with Gasteiger partial charge in [-0.05, 0) is 32.9 Å². The molecule has 2 aromatic rings. The van der Waals surface area contributed by atoms with Gasteiger partial charge in [-0.1, -0.05) is 18.2 Å². The van der Waals surface area contributed by atoms with E-state index in [0.29, 0.717) is 5.69 Å². The molecule has 21 heavy (non-hydrogen) atoms. The molecule has 1 aromatic heterocycles. The minimum Gasteiger partial charge on any atom is -0.393 e. The van der Waals surface area contributed by atoms with Crippen molar-refractivity contribution in [2.75, 3.05) is 35.2 Å². The summed E-state index contributed by atoms with van der Waals surface area (Å²) in [6.07, 6.45) is 1.59. The first-order valence-electron chi connectivity index (χ1n) is 7.40. The van der Waals surface area contributed by atoms with Crippen molar-refractivity contribution in [2.24, 2.45) is 0 Å². The molecule has 0 aliphatic carbocycles. The Morgan fingerprint density at radius 1 is 0.905 bits per heavy atom. The molecule has 5 heteroatoms. The Morgan fingerprint density at radius 3 is 2.10 bits per heavy atom. The maximum absolute atomic E-state index is 6.34. The second-order valence-electron chi connectivity index (χ2n) is 4.69. The summed E-state index contributed by atoms with van der Waals surface area (Å²) in [7, 11) is 0. The topological polar surface area (TPSA) is 58.3 Å². The fourth-order valence-corrected chi connectivity index (χ4v) is 2.43. The van der Waals surface area contributed by atoms with Crippen LogP contribution in [0.25, 0.3) is 0 Å². The van der Waals surface area contributed by atoms with E-state index in [-0.39, 0.29) is 0 Å². The largest absolute Gasteiger partial charge is 0.393 e. The quantitative estimate of drug-likeness (QED) is 0.884. The van der Waals surface area contributed by atoms with E-state index in [2.05, 4.69) is 52.7 Å². The van der Waals surface area contributed by atoms with Gasteiger partial charge in [0.2, 0.25) is 0 Å². The summed E-state index contributed by atoms with van der Waals surface area (Å²) in [5, 5.41) is 0. The minimum atomic E-state index is 0.631. The summed E-state index contributed by atoms with van der Waals surface area (Å²) in [6.45, 7) is 8.82. The van der Waals surface area contributed by atoms with Gasteiger partial charge in [-0.3, -0.25) is 0 Å². The maximum atomic E-state index is 6.34. The molecule has 0 amide bonds. The summed E-state index contributed by atoms with van der Waals surface area (Å²) in [6, 6.07) is 10.1. The first kappa shape index (κ1) is 15.1. The summed E-state index contributed by atoms with van der Waals surface area (Å²) < 4.78 is 0. The predicted octanol–water partition coefficient (Wildman–Crippen LogP) is 3.06. The minimum absolute atomic E-state index is 0.631. The Kier molecular flexibility index (Phi) is 4.98. The maximum Gasteiger partial charge on any atom is 0.161 e. The SMILES string of the molecule is CCN(CC)c1ncnc(N(CC)c2ccccc2)c1N. The number of nitrogens with two attached hydrogens (primary N) is 1. The average molecular weight is 285 g/mol. The van der Waals surface area contributed by atoms with Crippen LogP contribution in [0.2, 0.25) is 0 Å². The fraction of sp³-hybridized carbons (Fsp3) is 0.375. The van der Waals surface area contributed by atoms with E-state index in [1.165, 1.54) is 0 Å². The molecule has 5 nitrogen and oxygen atoms in total. The van der Waals surface area contributed by atoms with Gasteiger partial charge in [-0.2, -0.15) is 0 Å². The number of aromatic nitrogens is 2. The Labute approximate surface area is 126 Å². The first-order chi connectivity index (χ1) is 10.2. The number of benzene rings is 1. The second kappa shape index (κ2) is 6.92. The van der Waals surface area contributed by atoms with Crippen LogP contribution in [0.3, 0.4) is 0 Å². The van der Waals surface area contributed by atoms with E-state index in [4.69, 9.17) is 5.73 Å². The van der Waals surface area contributed by atoms with E-state index < -0.39 is 0 Å². The molecular formula is C16H23N5. The number of hydrogen-bond donors (Lipinski definition) is 1. The van der Waals surface area contributed by atoms with E-state index in [1.54, 1.807) is 6.33 Å². The third-order valence-electron chi connectivity index (χ3n) is 3.54. The van der Waals surface area contributed by atoms with E-state index >= 15 is 0 Å². The van der Waals surface area contributed by atoms with Crippen molar-refractivity contribution in [3.05, 3.63) is 36.7 Å². The Hall–Kier alpha value is -2.30. The molecule has 0 aliphatic heterocycles. The van der Waals surface area contributed by atoms with Gasteiger partial charge in [0.1, 0.15) is 12.0 Å². The summed E-state index contributed by atoms with van der Waals surface area (Å²) in [4.78, 5) is 13.0. The van der Waals surface area contributed by atoms with Crippen LogP contribution in [0.4, 0.5) is 23.0 Å². The second-order valence-corrected chi connectivity index (χ2v) is 4.69. The van der Waals surface area contributed by atoms with Crippen LogP contribution < -0.4 is 15.5 Å².